The molecule has 0 fully saturated rings. The van der Waals surface area contributed by atoms with Crippen molar-refractivity contribution in [1.82, 2.24) is 9.55 Å². The van der Waals surface area contributed by atoms with E-state index in [1.54, 1.807) is 36.6 Å². The van der Waals surface area contributed by atoms with Crippen molar-refractivity contribution in [1.29, 1.82) is 0 Å². The van der Waals surface area contributed by atoms with Gasteiger partial charge in [-0.1, -0.05) is 0 Å². The molecule has 3 rings (SSSR count). The second-order valence-electron chi connectivity index (χ2n) is 6.70. The highest BCUT2D eigenvalue weighted by atomic mass is 19.3. The molecule has 0 aliphatic rings. The van der Waals surface area contributed by atoms with Crippen molar-refractivity contribution < 1.29 is 28.0 Å². The maximum atomic E-state index is 13.0. The molecule has 1 atom stereocenters. The number of ketones is 1. The molecular weight excluding hydrogens is 412 g/mol. The van der Waals surface area contributed by atoms with Gasteiger partial charge in [-0.15, -0.1) is 0 Å². The number of alkyl halides is 2. The van der Waals surface area contributed by atoms with E-state index in [4.69, 9.17) is 4.74 Å². The molecule has 0 spiro atoms. The Hall–Kier alpha value is -3.82. The Morgan fingerprint density at radius 3 is 2.45 bits per heavy atom. The molecule has 0 radical (unpaired) electrons. The predicted octanol–water partition coefficient (Wildman–Crippen LogP) is 4.65. The van der Waals surface area contributed by atoms with Gasteiger partial charge in [-0.3, -0.25) is 4.79 Å². The number of carbonyl (C=O) groups excluding carboxylic acids is 1. The summed E-state index contributed by atoms with van der Waals surface area (Å²) in [4.78, 5) is 27.1. The van der Waals surface area contributed by atoms with E-state index in [-0.39, 0.29) is 17.3 Å². The van der Waals surface area contributed by atoms with Gasteiger partial charge in [0.25, 0.3) is 0 Å². The number of Topliss-reactive ketones (excluding diaryl/α,β-unsaturated/α-hetero) is 1. The lowest BCUT2D eigenvalue weighted by atomic mass is 10.1. The topological polar surface area (TPSA) is 96.5 Å². The van der Waals surface area contributed by atoms with E-state index >= 15 is 0 Å². The number of pyridine rings is 1. The third-order valence-electron chi connectivity index (χ3n) is 4.61. The van der Waals surface area contributed by atoms with Crippen LogP contribution < -0.4 is 9.47 Å². The summed E-state index contributed by atoms with van der Waals surface area (Å²) in [6.07, 6.45) is 0.265. The largest absolute Gasteiger partial charge is 0.474 e. The van der Waals surface area contributed by atoms with Crippen LogP contribution in [0.2, 0.25) is 0 Å². The molecule has 2 heterocycles. The summed E-state index contributed by atoms with van der Waals surface area (Å²) in [6, 6.07) is 10.6. The van der Waals surface area contributed by atoms with Gasteiger partial charge in [0, 0.05) is 22.6 Å². The minimum atomic E-state index is -2.91. The van der Waals surface area contributed by atoms with E-state index in [0.29, 0.717) is 16.9 Å². The molecule has 0 N–H and O–H groups in total. The molecule has 0 aliphatic heterocycles. The Kier molecular flexibility index (Phi) is 6.28. The van der Waals surface area contributed by atoms with Gasteiger partial charge >= 0.3 is 12.4 Å². The monoisotopic (exact) mass is 431 g/mol. The summed E-state index contributed by atoms with van der Waals surface area (Å²) in [5, 5.41) is 11.1. The Bertz CT molecular complexity index is 1110. The second-order valence-corrected chi connectivity index (χ2v) is 6.70. The van der Waals surface area contributed by atoms with Crippen molar-refractivity contribution in [2.45, 2.75) is 33.5 Å². The number of rotatable bonds is 8. The lowest BCUT2D eigenvalue weighted by Crippen LogP contribution is -2.25. The van der Waals surface area contributed by atoms with Crippen molar-refractivity contribution >= 4 is 11.6 Å². The van der Waals surface area contributed by atoms with Crippen LogP contribution in [0.4, 0.5) is 14.6 Å². The number of aryl methyl sites for hydroxylation is 1. The van der Waals surface area contributed by atoms with Crippen LogP contribution in [-0.4, -0.2) is 33.0 Å². The van der Waals surface area contributed by atoms with Crippen molar-refractivity contribution in [3.63, 3.8) is 0 Å². The molecule has 3 aromatic rings. The van der Waals surface area contributed by atoms with Crippen LogP contribution in [0.15, 0.2) is 48.7 Å². The summed E-state index contributed by atoms with van der Waals surface area (Å²) >= 11 is 0. The maximum absolute atomic E-state index is 13.0. The van der Waals surface area contributed by atoms with E-state index in [1.807, 2.05) is 0 Å². The Morgan fingerprint density at radius 2 is 1.84 bits per heavy atom. The first-order valence-electron chi connectivity index (χ1n) is 9.23. The van der Waals surface area contributed by atoms with Crippen LogP contribution in [-0.2, 0) is 0 Å². The number of ether oxygens (including phenoxy) is 2. The minimum Gasteiger partial charge on any atom is -0.474 e. The van der Waals surface area contributed by atoms with Crippen LogP contribution >= 0.6 is 0 Å². The lowest BCUT2D eigenvalue weighted by Gasteiger charge is -2.14. The van der Waals surface area contributed by atoms with Crippen LogP contribution in [0.5, 0.6) is 11.5 Å². The van der Waals surface area contributed by atoms with E-state index < -0.39 is 23.5 Å². The second kappa shape index (κ2) is 8.90. The fourth-order valence-corrected chi connectivity index (χ4v) is 3.26. The number of hydrogen-bond donors (Lipinski definition) is 0. The average molecular weight is 431 g/mol. The third-order valence-corrected chi connectivity index (χ3v) is 4.61. The van der Waals surface area contributed by atoms with E-state index in [1.165, 1.54) is 37.4 Å². The number of nitro groups is 1. The van der Waals surface area contributed by atoms with Gasteiger partial charge in [0.15, 0.2) is 6.10 Å². The molecule has 10 heteroatoms. The fraction of sp³-hybridized carbons (Fsp3) is 0.238. The molecule has 0 amide bonds. The summed E-state index contributed by atoms with van der Waals surface area (Å²) in [5.74, 6) is -0.914. The van der Waals surface area contributed by atoms with Gasteiger partial charge in [-0.05, 0) is 73.1 Å². The molecule has 8 nitrogen and oxygen atoms in total. The van der Waals surface area contributed by atoms with Gasteiger partial charge in [-0.25, -0.2) is 0 Å². The van der Waals surface area contributed by atoms with E-state index in [2.05, 4.69) is 9.72 Å². The first-order valence-corrected chi connectivity index (χ1v) is 9.23. The van der Waals surface area contributed by atoms with Crippen molar-refractivity contribution in [2.24, 2.45) is 0 Å². The number of nitrogens with zero attached hydrogens (tertiary/aromatic N) is 3. The van der Waals surface area contributed by atoms with Crippen LogP contribution in [0, 0.1) is 24.0 Å². The fourth-order valence-electron chi connectivity index (χ4n) is 3.26. The normalized spacial score (nSPS) is 11.9. The van der Waals surface area contributed by atoms with Crippen LogP contribution in [0.3, 0.4) is 0 Å². The zero-order chi connectivity index (χ0) is 22.7. The molecule has 1 aromatic carbocycles. The van der Waals surface area contributed by atoms with E-state index in [0.717, 1.165) is 5.69 Å². The van der Waals surface area contributed by atoms with Gasteiger partial charge < -0.3 is 24.2 Å². The summed E-state index contributed by atoms with van der Waals surface area (Å²) in [6.45, 7) is 2.12. The molecule has 1 unspecified atom stereocenters. The van der Waals surface area contributed by atoms with Gasteiger partial charge in [0.05, 0.1) is 0 Å². The minimum absolute atomic E-state index is 0.0256. The molecule has 31 heavy (non-hydrogen) atoms. The molecule has 2 aromatic heterocycles. The van der Waals surface area contributed by atoms with Crippen LogP contribution in [0.25, 0.3) is 5.69 Å². The standard InChI is InChI=1S/C21H19F2N3O5/c1-12-11-17(13(2)25(12)15-6-8-16(9-7-15)31-21(22)23)19(27)14(3)30-18-5-4-10-24-20(18)26(28)29/h4-11,14,21H,1-3H3. The molecule has 0 saturated carbocycles. The molecule has 162 valence electrons. The number of hydrogen-bond acceptors (Lipinski definition) is 6. The summed E-state index contributed by atoms with van der Waals surface area (Å²) in [7, 11) is 0. The number of benzene rings is 1. The molecule has 0 saturated heterocycles. The first-order chi connectivity index (χ1) is 14.7. The Morgan fingerprint density at radius 1 is 1.16 bits per heavy atom. The average Bonchev–Trinajstić information content (AvgIpc) is 3.02. The Labute approximate surface area is 176 Å². The quantitative estimate of drug-likeness (QED) is 0.293. The summed E-state index contributed by atoms with van der Waals surface area (Å²) < 4.78 is 36.4. The zero-order valence-corrected chi connectivity index (χ0v) is 16.9. The van der Waals surface area contributed by atoms with Crippen molar-refractivity contribution in [3.05, 3.63) is 75.7 Å². The smallest absolute Gasteiger partial charge is 0.406 e. The molecular formula is C21H19F2N3O5. The van der Waals surface area contributed by atoms with E-state index in [9.17, 15) is 23.7 Å². The third kappa shape index (κ3) is 4.68. The molecule has 0 bridgehead atoms. The van der Waals surface area contributed by atoms with Gasteiger partial charge in [0.1, 0.15) is 11.9 Å². The van der Waals surface area contributed by atoms with Crippen LogP contribution in [0.1, 0.15) is 28.7 Å². The SMILES string of the molecule is Cc1cc(C(=O)C(C)Oc2cccnc2[N+](=O)[O-])c(C)n1-c1ccc(OC(F)F)cc1. The van der Waals surface area contributed by atoms with Gasteiger partial charge in [-0.2, -0.15) is 8.78 Å². The highest BCUT2D eigenvalue weighted by molar-refractivity contribution is 6.01. The predicted molar refractivity (Wildman–Crippen MR) is 107 cm³/mol. The highest BCUT2D eigenvalue weighted by Crippen LogP contribution is 2.27. The van der Waals surface area contributed by atoms with Gasteiger partial charge in [0.2, 0.25) is 11.5 Å². The number of aromatic nitrogens is 2. The summed E-state index contributed by atoms with van der Waals surface area (Å²) in [5.41, 5.74) is 2.39. The molecule has 0 aliphatic carbocycles. The van der Waals surface area contributed by atoms with Crippen molar-refractivity contribution in [2.75, 3.05) is 0 Å². The first kappa shape index (κ1) is 21.9. The van der Waals surface area contributed by atoms with Crippen molar-refractivity contribution in [3.8, 4) is 17.2 Å². The highest BCUT2D eigenvalue weighted by Gasteiger charge is 2.26. The number of halogens is 2. The lowest BCUT2D eigenvalue weighted by molar-refractivity contribution is -0.390. The number of carbonyl (C=O) groups is 1. The maximum Gasteiger partial charge on any atom is 0.406 e. The Balaban J connectivity index is 1.86. The zero-order valence-electron chi connectivity index (χ0n) is 16.9.